The zero-order valence-electron chi connectivity index (χ0n) is 8.82. The fraction of sp³-hybridized carbons (Fsp3) is 0.636. The van der Waals surface area contributed by atoms with Gasteiger partial charge < -0.3 is 4.74 Å². The highest BCUT2D eigenvalue weighted by Crippen LogP contribution is 2.20. The van der Waals surface area contributed by atoms with Gasteiger partial charge in [-0.2, -0.15) is 0 Å². The first-order valence-corrected chi connectivity index (χ1v) is 6.32. The Hall–Kier alpha value is -0.420. The summed E-state index contributed by atoms with van der Waals surface area (Å²) in [4.78, 5) is 1.40. The molecule has 0 saturated carbocycles. The van der Waals surface area contributed by atoms with E-state index < -0.39 is 0 Å². The average Bonchev–Trinajstić information content (AvgIpc) is 2.89. The average molecular weight is 226 g/mol. The maximum atomic E-state index is 5.58. The minimum Gasteiger partial charge on any atom is -0.381 e. The van der Waals surface area contributed by atoms with Crippen molar-refractivity contribution >= 4 is 11.3 Å². The normalized spacial score (nSPS) is 23.1. The minimum absolute atomic E-state index is 0.385. The molecule has 2 unspecified atom stereocenters. The summed E-state index contributed by atoms with van der Waals surface area (Å²) in [7, 11) is 0. The van der Waals surface area contributed by atoms with Crippen LogP contribution in [0.5, 0.6) is 0 Å². The number of rotatable bonds is 5. The van der Waals surface area contributed by atoms with Gasteiger partial charge in [-0.05, 0) is 36.6 Å². The predicted molar refractivity (Wildman–Crippen MR) is 62.7 cm³/mol. The van der Waals surface area contributed by atoms with Gasteiger partial charge in [0, 0.05) is 24.1 Å². The van der Waals surface area contributed by atoms with E-state index in [1.165, 1.54) is 11.3 Å². The van der Waals surface area contributed by atoms with Crippen molar-refractivity contribution in [3.63, 3.8) is 0 Å². The van der Waals surface area contributed by atoms with Crippen molar-refractivity contribution in [3.8, 4) is 0 Å². The second kappa shape index (κ2) is 5.61. The third-order valence-corrected chi connectivity index (χ3v) is 3.80. The molecular weight excluding hydrogens is 208 g/mol. The SMILES string of the molecule is NNC(Cc1cccs1)CC1CCOC1. The van der Waals surface area contributed by atoms with Crippen LogP contribution in [0.1, 0.15) is 17.7 Å². The molecule has 15 heavy (non-hydrogen) atoms. The summed E-state index contributed by atoms with van der Waals surface area (Å²) < 4.78 is 5.37. The summed E-state index contributed by atoms with van der Waals surface area (Å²) in [5.74, 6) is 6.27. The second-order valence-electron chi connectivity index (χ2n) is 4.11. The highest BCUT2D eigenvalue weighted by Gasteiger charge is 2.20. The van der Waals surface area contributed by atoms with Gasteiger partial charge >= 0.3 is 0 Å². The van der Waals surface area contributed by atoms with Crippen LogP contribution < -0.4 is 11.3 Å². The van der Waals surface area contributed by atoms with E-state index in [4.69, 9.17) is 10.6 Å². The van der Waals surface area contributed by atoms with Gasteiger partial charge in [-0.1, -0.05) is 6.07 Å². The van der Waals surface area contributed by atoms with E-state index in [0.717, 1.165) is 26.1 Å². The molecule has 0 amide bonds. The van der Waals surface area contributed by atoms with Gasteiger partial charge in [0.1, 0.15) is 0 Å². The largest absolute Gasteiger partial charge is 0.381 e. The minimum atomic E-state index is 0.385. The lowest BCUT2D eigenvalue weighted by Crippen LogP contribution is -2.38. The second-order valence-corrected chi connectivity index (χ2v) is 5.14. The Labute approximate surface area is 94.6 Å². The first-order chi connectivity index (χ1) is 7.38. The molecule has 1 saturated heterocycles. The topological polar surface area (TPSA) is 47.3 Å². The molecule has 0 aromatic carbocycles. The van der Waals surface area contributed by atoms with Gasteiger partial charge in [0.2, 0.25) is 0 Å². The summed E-state index contributed by atoms with van der Waals surface area (Å²) in [6.45, 7) is 1.82. The Morgan fingerprint density at radius 3 is 3.20 bits per heavy atom. The van der Waals surface area contributed by atoms with Crippen LogP contribution in [0.25, 0.3) is 0 Å². The molecule has 1 aliphatic heterocycles. The number of nitrogens with two attached hydrogens (primary N) is 1. The van der Waals surface area contributed by atoms with Crippen molar-refractivity contribution in [3.05, 3.63) is 22.4 Å². The molecule has 1 fully saturated rings. The summed E-state index contributed by atoms with van der Waals surface area (Å²) in [5, 5.41) is 2.11. The number of nitrogens with one attached hydrogen (secondary N) is 1. The Balaban J connectivity index is 1.81. The fourth-order valence-electron chi connectivity index (χ4n) is 2.05. The van der Waals surface area contributed by atoms with E-state index in [1.54, 1.807) is 11.3 Å². The van der Waals surface area contributed by atoms with Crippen LogP contribution in [0.15, 0.2) is 17.5 Å². The summed E-state index contributed by atoms with van der Waals surface area (Å²) >= 11 is 1.80. The van der Waals surface area contributed by atoms with Gasteiger partial charge in [-0.25, -0.2) is 0 Å². The number of ether oxygens (including phenoxy) is 1. The molecule has 84 valence electrons. The molecule has 0 aliphatic carbocycles. The van der Waals surface area contributed by atoms with E-state index in [1.807, 2.05) is 0 Å². The van der Waals surface area contributed by atoms with E-state index in [-0.39, 0.29) is 0 Å². The number of thiophene rings is 1. The molecular formula is C11H18N2OS. The van der Waals surface area contributed by atoms with Gasteiger partial charge in [-0.15, -0.1) is 11.3 Å². The van der Waals surface area contributed by atoms with Crippen LogP contribution in [0, 0.1) is 5.92 Å². The number of hydrogen-bond acceptors (Lipinski definition) is 4. The highest BCUT2D eigenvalue weighted by atomic mass is 32.1. The van der Waals surface area contributed by atoms with Gasteiger partial charge in [0.15, 0.2) is 0 Å². The van der Waals surface area contributed by atoms with E-state index in [0.29, 0.717) is 12.0 Å². The molecule has 1 aromatic rings. The number of hydrazine groups is 1. The Kier molecular flexibility index (Phi) is 4.14. The van der Waals surface area contributed by atoms with Gasteiger partial charge in [0.25, 0.3) is 0 Å². The van der Waals surface area contributed by atoms with Crippen molar-refractivity contribution in [2.45, 2.75) is 25.3 Å². The lowest BCUT2D eigenvalue weighted by Gasteiger charge is -2.18. The van der Waals surface area contributed by atoms with Crippen LogP contribution in [-0.2, 0) is 11.2 Å². The predicted octanol–water partition coefficient (Wildman–Crippen LogP) is 1.55. The Morgan fingerprint density at radius 2 is 2.60 bits per heavy atom. The maximum absolute atomic E-state index is 5.58. The van der Waals surface area contributed by atoms with Crippen molar-refractivity contribution < 1.29 is 4.74 Å². The van der Waals surface area contributed by atoms with Crippen LogP contribution in [0.4, 0.5) is 0 Å². The Morgan fingerprint density at radius 1 is 1.67 bits per heavy atom. The lowest BCUT2D eigenvalue weighted by atomic mass is 9.97. The smallest absolute Gasteiger partial charge is 0.0495 e. The van der Waals surface area contributed by atoms with Crippen LogP contribution >= 0.6 is 11.3 Å². The zero-order valence-corrected chi connectivity index (χ0v) is 9.63. The van der Waals surface area contributed by atoms with Crippen molar-refractivity contribution in [1.29, 1.82) is 0 Å². The molecule has 1 aliphatic rings. The molecule has 2 atom stereocenters. The summed E-state index contributed by atoms with van der Waals surface area (Å²) in [5.41, 5.74) is 2.92. The van der Waals surface area contributed by atoms with Crippen molar-refractivity contribution in [2.75, 3.05) is 13.2 Å². The van der Waals surface area contributed by atoms with E-state index in [2.05, 4.69) is 22.9 Å². The van der Waals surface area contributed by atoms with E-state index >= 15 is 0 Å². The Bertz CT molecular complexity index is 270. The number of hydrogen-bond donors (Lipinski definition) is 2. The molecule has 4 heteroatoms. The molecule has 3 nitrogen and oxygen atoms in total. The molecule has 1 aromatic heterocycles. The fourth-order valence-corrected chi connectivity index (χ4v) is 2.84. The summed E-state index contributed by atoms with van der Waals surface area (Å²) in [6, 6.07) is 4.64. The van der Waals surface area contributed by atoms with Gasteiger partial charge in [0.05, 0.1) is 0 Å². The molecule has 2 rings (SSSR count). The van der Waals surface area contributed by atoms with Crippen LogP contribution in [-0.4, -0.2) is 19.3 Å². The molecule has 2 heterocycles. The summed E-state index contributed by atoms with van der Waals surface area (Å²) in [6.07, 6.45) is 3.34. The van der Waals surface area contributed by atoms with Crippen LogP contribution in [0.3, 0.4) is 0 Å². The van der Waals surface area contributed by atoms with E-state index in [9.17, 15) is 0 Å². The maximum Gasteiger partial charge on any atom is 0.0495 e. The highest BCUT2D eigenvalue weighted by molar-refractivity contribution is 7.09. The lowest BCUT2D eigenvalue weighted by molar-refractivity contribution is 0.181. The first kappa shape index (κ1) is 11.1. The molecule has 0 bridgehead atoms. The monoisotopic (exact) mass is 226 g/mol. The third kappa shape index (κ3) is 3.28. The molecule has 0 radical (unpaired) electrons. The van der Waals surface area contributed by atoms with Crippen LogP contribution in [0.2, 0.25) is 0 Å². The zero-order chi connectivity index (χ0) is 10.5. The first-order valence-electron chi connectivity index (χ1n) is 5.44. The molecule has 3 N–H and O–H groups in total. The molecule has 0 spiro atoms. The van der Waals surface area contributed by atoms with Crippen molar-refractivity contribution in [2.24, 2.45) is 11.8 Å². The third-order valence-electron chi connectivity index (χ3n) is 2.91. The van der Waals surface area contributed by atoms with Crippen molar-refractivity contribution in [1.82, 2.24) is 5.43 Å². The quantitative estimate of drug-likeness (QED) is 0.591. The standard InChI is InChI=1S/C11H18N2OS/c12-13-10(6-9-3-4-14-8-9)7-11-2-1-5-15-11/h1-2,5,9-10,13H,3-4,6-8,12H2. The van der Waals surface area contributed by atoms with Gasteiger partial charge in [-0.3, -0.25) is 11.3 Å².